The number of rotatable bonds is 1. The van der Waals surface area contributed by atoms with Gasteiger partial charge in [-0.25, -0.2) is 4.98 Å². The zero-order chi connectivity index (χ0) is 18.8. The number of para-hydroxylation sites is 2. The van der Waals surface area contributed by atoms with Crippen LogP contribution in [0.3, 0.4) is 0 Å². The third-order valence-corrected chi connectivity index (χ3v) is 5.54. The van der Waals surface area contributed by atoms with Crippen molar-refractivity contribution in [2.24, 2.45) is 0 Å². The summed E-state index contributed by atoms with van der Waals surface area (Å²) in [6.45, 7) is 4.29. The van der Waals surface area contributed by atoms with Crippen molar-refractivity contribution in [1.82, 2.24) is 18.8 Å². The average Bonchev–Trinajstić information content (AvgIpc) is 3.30. The zero-order valence-electron chi connectivity index (χ0n) is 16.0. The molecule has 0 aliphatic rings. The van der Waals surface area contributed by atoms with Gasteiger partial charge in [-0.15, -0.1) is 24.3 Å². The molecule has 1 radical (unpaired) electrons. The van der Waals surface area contributed by atoms with Crippen molar-refractivity contribution in [3.63, 3.8) is 0 Å². The van der Waals surface area contributed by atoms with Crippen LogP contribution in [0.5, 0.6) is 0 Å². The third kappa shape index (κ3) is 2.41. The van der Waals surface area contributed by atoms with E-state index in [0.717, 1.165) is 39.1 Å². The number of aryl methyl sites for hydroxylation is 2. The maximum atomic E-state index is 4.98. The van der Waals surface area contributed by atoms with Gasteiger partial charge in [-0.1, -0.05) is 35.7 Å². The monoisotopic (exact) mass is 554 g/mol. The molecule has 0 saturated heterocycles. The molecule has 0 aliphatic carbocycles. The molecule has 0 bridgehead atoms. The van der Waals surface area contributed by atoms with E-state index in [9.17, 15) is 0 Å². The molecule has 3 heterocycles. The second-order valence-electron chi connectivity index (χ2n) is 7.24. The quantitative estimate of drug-likeness (QED) is 0.257. The van der Waals surface area contributed by atoms with Crippen molar-refractivity contribution in [2.75, 3.05) is 0 Å². The second kappa shape index (κ2) is 6.51. The first-order chi connectivity index (χ1) is 13.7. The van der Waals surface area contributed by atoms with E-state index in [0.29, 0.717) is 0 Å². The fraction of sp³-hybridized carbons (Fsp3) is 0.0833. The number of fused-ring (bicyclic) bond motifs is 8. The van der Waals surface area contributed by atoms with Crippen LogP contribution in [-0.4, -0.2) is 18.8 Å². The van der Waals surface area contributed by atoms with Crippen LogP contribution in [0.15, 0.2) is 66.9 Å². The molecule has 0 amide bonds. The maximum Gasteiger partial charge on any atom is 0.204 e. The van der Waals surface area contributed by atoms with E-state index in [-0.39, 0.29) is 20.1 Å². The molecule has 0 spiro atoms. The van der Waals surface area contributed by atoms with Crippen molar-refractivity contribution in [3.05, 3.63) is 84.1 Å². The van der Waals surface area contributed by atoms with Crippen molar-refractivity contribution in [3.8, 4) is 11.3 Å². The van der Waals surface area contributed by atoms with Gasteiger partial charge in [-0.3, -0.25) is 4.98 Å². The van der Waals surface area contributed by atoms with Crippen molar-refractivity contribution in [2.45, 2.75) is 13.8 Å². The Hall–Kier alpha value is -3.01. The standard InChI is InChI=1S/C24H17N4.Ir/c1-15-8-7-9-16(2)22(15)21-14-25-23-17-10-3-5-12-19(17)27-20-13-6-4-11-18(20)26-24(27)28(21)23;/h3-9,11-14H,1-2H3;/q-1;. The van der Waals surface area contributed by atoms with Crippen LogP contribution < -0.4 is 0 Å². The molecule has 6 rings (SSSR count). The van der Waals surface area contributed by atoms with Gasteiger partial charge < -0.3 is 8.80 Å². The smallest absolute Gasteiger partial charge is 0.204 e. The van der Waals surface area contributed by atoms with Crippen molar-refractivity contribution >= 4 is 33.4 Å². The summed E-state index contributed by atoms with van der Waals surface area (Å²) < 4.78 is 4.39. The SMILES string of the molecule is Cc1cccc(C)c1-c1cnc2c3[c-]cccc3n3c4ccccc4nc3n12.[Ir]. The molecule has 0 saturated carbocycles. The van der Waals surface area contributed by atoms with Gasteiger partial charge in [-0.2, -0.15) is 0 Å². The van der Waals surface area contributed by atoms with E-state index in [1.165, 1.54) is 16.7 Å². The predicted molar refractivity (Wildman–Crippen MR) is 113 cm³/mol. The van der Waals surface area contributed by atoms with Crippen LogP contribution >= 0.6 is 0 Å². The molecule has 3 aromatic carbocycles. The molecule has 29 heavy (non-hydrogen) atoms. The first-order valence-electron chi connectivity index (χ1n) is 9.37. The fourth-order valence-corrected chi connectivity index (χ4v) is 4.32. The van der Waals surface area contributed by atoms with Crippen LogP contribution in [0.4, 0.5) is 0 Å². The summed E-state index contributed by atoms with van der Waals surface area (Å²) in [6, 6.07) is 24.1. The van der Waals surface area contributed by atoms with Gasteiger partial charge >= 0.3 is 0 Å². The van der Waals surface area contributed by atoms with Gasteiger partial charge in [0, 0.05) is 31.9 Å². The molecule has 4 nitrogen and oxygen atoms in total. The van der Waals surface area contributed by atoms with E-state index in [2.05, 4.69) is 71.2 Å². The number of imidazole rings is 2. The first kappa shape index (κ1) is 18.0. The first-order valence-corrected chi connectivity index (χ1v) is 9.37. The number of aromatic nitrogens is 4. The van der Waals surface area contributed by atoms with Gasteiger partial charge in [0.2, 0.25) is 5.78 Å². The Labute approximate surface area is 181 Å². The van der Waals surface area contributed by atoms with Crippen molar-refractivity contribution in [1.29, 1.82) is 0 Å². The maximum absolute atomic E-state index is 4.98. The summed E-state index contributed by atoms with van der Waals surface area (Å²) >= 11 is 0. The Bertz CT molecular complexity index is 1520. The molecule has 3 aromatic heterocycles. The molecular weight excluding hydrogens is 537 g/mol. The molecule has 143 valence electrons. The fourth-order valence-electron chi connectivity index (χ4n) is 4.32. The third-order valence-electron chi connectivity index (χ3n) is 5.54. The van der Waals surface area contributed by atoms with Gasteiger partial charge in [0.05, 0.1) is 22.4 Å². The zero-order valence-corrected chi connectivity index (χ0v) is 18.4. The van der Waals surface area contributed by atoms with Gasteiger partial charge in [0.15, 0.2) is 0 Å². The molecule has 0 N–H and O–H groups in total. The summed E-state index contributed by atoms with van der Waals surface area (Å²) in [5, 5.41) is 0.996. The minimum absolute atomic E-state index is 0. The summed E-state index contributed by atoms with van der Waals surface area (Å²) in [4.78, 5) is 9.79. The minimum atomic E-state index is 0. The van der Waals surface area contributed by atoms with Gasteiger partial charge in [-0.05, 0) is 42.6 Å². The second-order valence-corrected chi connectivity index (χ2v) is 7.24. The topological polar surface area (TPSA) is 34.6 Å². The van der Waals surface area contributed by atoms with Crippen LogP contribution in [0.25, 0.3) is 44.6 Å². The van der Waals surface area contributed by atoms with E-state index < -0.39 is 0 Å². The summed E-state index contributed by atoms with van der Waals surface area (Å²) in [7, 11) is 0. The van der Waals surface area contributed by atoms with Crippen LogP contribution in [0.1, 0.15) is 11.1 Å². The Morgan fingerprint density at radius 3 is 2.41 bits per heavy atom. The predicted octanol–water partition coefficient (Wildman–Crippen LogP) is 5.37. The number of benzene rings is 3. The number of nitrogens with zero attached hydrogens (tertiary/aromatic N) is 4. The van der Waals surface area contributed by atoms with E-state index in [4.69, 9.17) is 9.97 Å². The Balaban J connectivity index is 0.00000181. The van der Waals surface area contributed by atoms with Gasteiger partial charge in [0.25, 0.3) is 0 Å². The molecule has 0 unspecified atom stereocenters. The van der Waals surface area contributed by atoms with E-state index in [1.54, 1.807) is 0 Å². The molecule has 0 atom stereocenters. The van der Waals surface area contributed by atoms with Crippen LogP contribution in [-0.2, 0) is 20.1 Å². The molecule has 6 aromatic rings. The summed E-state index contributed by atoms with van der Waals surface area (Å²) in [6.07, 6.45) is 1.96. The minimum Gasteiger partial charge on any atom is -0.320 e. The normalized spacial score (nSPS) is 11.5. The molecule has 5 heteroatoms. The van der Waals surface area contributed by atoms with Crippen LogP contribution in [0.2, 0.25) is 0 Å². The largest absolute Gasteiger partial charge is 0.320 e. The Morgan fingerprint density at radius 2 is 1.59 bits per heavy atom. The summed E-state index contributed by atoms with van der Waals surface area (Å²) in [5.41, 5.74) is 8.74. The molecular formula is C24H17IrN4-. The summed E-state index contributed by atoms with van der Waals surface area (Å²) in [5.74, 6) is 0.874. The Morgan fingerprint density at radius 1 is 0.828 bits per heavy atom. The van der Waals surface area contributed by atoms with E-state index in [1.807, 2.05) is 24.4 Å². The average molecular weight is 554 g/mol. The van der Waals surface area contributed by atoms with Crippen molar-refractivity contribution < 1.29 is 20.1 Å². The van der Waals surface area contributed by atoms with Crippen LogP contribution in [0, 0.1) is 19.9 Å². The Kier molecular flexibility index (Phi) is 4.05. The number of hydrogen-bond acceptors (Lipinski definition) is 2. The van der Waals surface area contributed by atoms with Gasteiger partial charge in [0.1, 0.15) is 0 Å². The van der Waals surface area contributed by atoms with E-state index >= 15 is 0 Å². The number of hydrogen-bond donors (Lipinski definition) is 0. The molecule has 0 fully saturated rings. The molecule has 0 aliphatic heterocycles.